The second-order valence-electron chi connectivity index (χ2n) is 5.20. The number of hydrogen-bond acceptors (Lipinski definition) is 2. The molecular formula is C17H18F2N2O2. The summed E-state index contributed by atoms with van der Waals surface area (Å²) in [6.07, 6.45) is -1.01. The molecule has 0 unspecified atom stereocenters. The number of rotatable bonds is 5. The Hall–Kier alpha value is -2.47. The molecule has 4 nitrogen and oxygen atoms in total. The van der Waals surface area contributed by atoms with Crippen LogP contribution in [0.2, 0.25) is 0 Å². The molecule has 2 aromatic rings. The SMILES string of the molecule is C[C@H](NC(=O)NC[C@@H](O)c1cccc(F)c1)c1cccc(F)c1. The van der Waals surface area contributed by atoms with Crippen LogP contribution in [0, 0.1) is 11.6 Å². The second kappa shape index (κ2) is 7.69. The summed E-state index contributed by atoms with van der Waals surface area (Å²) >= 11 is 0. The summed E-state index contributed by atoms with van der Waals surface area (Å²) in [5.74, 6) is -0.830. The molecule has 0 saturated carbocycles. The predicted molar refractivity (Wildman–Crippen MR) is 82.7 cm³/mol. The maximum absolute atomic E-state index is 13.1. The third-order valence-corrected chi connectivity index (χ3v) is 3.39. The third-order valence-electron chi connectivity index (χ3n) is 3.39. The molecule has 0 fully saturated rings. The highest BCUT2D eigenvalue weighted by Gasteiger charge is 2.13. The Kier molecular flexibility index (Phi) is 5.65. The smallest absolute Gasteiger partial charge is 0.315 e. The van der Waals surface area contributed by atoms with E-state index in [1.807, 2.05) is 0 Å². The van der Waals surface area contributed by atoms with Crippen molar-refractivity contribution in [2.75, 3.05) is 6.54 Å². The number of carbonyl (C=O) groups is 1. The maximum atomic E-state index is 13.1. The molecule has 0 aromatic heterocycles. The van der Waals surface area contributed by atoms with Crippen molar-refractivity contribution < 1.29 is 18.7 Å². The van der Waals surface area contributed by atoms with Crippen LogP contribution in [0.15, 0.2) is 48.5 Å². The minimum absolute atomic E-state index is 0.0643. The lowest BCUT2D eigenvalue weighted by molar-refractivity contribution is 0.172. The van der Waals surface area contributed by atoms with E-state index >= 15 is 0 Å². The summed E-state index contributed by atoms with van der Waals surface area (Å²) in [6, 6.07) is 10.6. The van der Waals surface area contributed by atoms with Gasteiger partial charge in [0.1, 0.15) is 11.6 Å². The van der Waals surface area contributed by atoms with Crippen molar-refractivity contribution in [2.24, 2.45) is 0 Å². The zero-order valence-corrected chi connectivity index (χ0v) is 12.6. The fourth-order valence-electron chi connectivity index (χ4n) is 2.13. The molecule has 3 N–H and O–H groups in total. The summed E-state index contributed by atoms with van der Waals surface area (Å²) in [6.45, 7) is 1.66. The summed E-state index contributed by atoms with van der Waals surface area (Å²) in [5.41, 5.74) is 1.01. The van der Waals surface area contributed by atoms with Crippen LogP contribution >= 0.6 is 0 Å². The van der Waals surface area contributed by atoms with Crippen LogP contribution in [-0.4, -0.2) is 17.7 Å². The number of hydrogen-bond donors (Lipinski definition) is 3. The number of benzene rings is 2. The van der Waals surface area contributed by atoms with Crippen molar-refractivity contribution in [1.82, 2.24) is 10.6 Å². The van der Waals surface area contributed by atoms with E-state index in [4.69, 9.17) is 0 Å². The second-order valence-corrected chi connectivity index (χ2v) is 5.20. The molecule has 0 saturated heterocycles. The zero-order valence-electron chi connectivity index (χ0n) is 12.6. The fourth-order valence-corrected chi connectivity index (χ4v) is 2.13. The van der Waals surface area contributed by atoms with Gasteiger partial charge in [-0.3, -0.25) is 0 Å². The molecule has 122 valence electrons. The Morgan fingerprint density at radius 2 is 1.65 bits per heavy atom. The quantitative estimate of drug-likeness (QED) is 0.793. The first kappa shape index (κ1) is 16.9. The fraction of sp³-hybridized carbons (Fsp3) is 0.235. The van der Waals surface area contributed by atoms with Crippen LogP contribution in [0.3, 0.4) is 0 Å². The summed E-state index contributed by atoms with van der Waals surface area (Å²) in [5, 5.41) is 15.1. The van der Waals surface area contributed by atoms with Gasteiger partial charge in [0, 0.05) is 6.54 Å². The van der Waals surface area contributed by atoms with Gasteiger partial charge in [-0.1, -0.05) is 24.3 Å². The Morgan fingerprint density at radius 1 is 1.09 bits per heavy atom. The van der Waals surface area contributed by atoms with Gasteiger partial charge in [0.15, 0.2) is 0 Å². The van der Waals surface area contributed by atoms with E-state index in [9.17, 15) is 18.7 Å². The molecule has 0 spiro atoms. The highest BCUT2D eigenvalue weighted by Crippen LogP contribution is 2.14. The van der Waals surface area contributed by atoms with Gasteiger partial charge in [0.2, 0.25) is 0 Å². The average molecular weight is 320 g/mol. The highest BCUT2D eigenvalue weighted by atomic mass is 19.1. The molecule has 2 rings (SSSR count). The van der Waals surface area contributed by atoms with Gasteiger partial charge in [0.05, 0.1) is 12.1 Å². The first-order chi connectivity index (χ1) is 11.0. The van der Waals surface area contributed by atoms with Crippen molar-refractivity contribution in [3.8, 4) is 0 Å². The maximum Gasteiger partial charge on any atom is 0.315 e. The van der Waals surface area contributed by atoms with Gasteiger partial charge in [0.25, 0.3) is 0 Å². The molecular weight excluding hydrogens is 302 g/mol. The first-order valence-electron chi connectivity index (χ1n) is 7.19. The van der Waals surface area contributed by atoms with Gasteiger partial charge in [-0.2, -0.15) is 0 Å². The van der Waals surface area contributed by atoms with E-state index in [0.717, 1.165) is 0 Å². The van der Waals surface area contributed by atoms with Crippen LogP contribution in [-0.2, 0) is 0 Å². The lowest BCUT2D eigenvalue weighted by Crippen LogP contribution is -2.39. The van der Waals surface area contributed by atoms with Crippen LogP contribution < -0.4 is 10.6 Å². The van der Waals surface area contributed by atoms with Crippen molar-refractivity contribution in [3.63, 3.8) is 0 Å². The Bertz CT molecular complexity index is 679. The monoisotopic (exact) mass is 320 g/mol. The minimum atomic E-state index is -1.01. The van der Waals surface area contributed by atoms with Gasteiger partial charge >= 0.3 is 6.03 Å². The molecule has 0 bridgehead atoms. The largest absolute Gasteiger partial charge is 0.387 e. The van der Waals surface area contributed by atoms with Crippen molar-refractivity contribution >= 4 is 6.03 Å². The average Bonchev–Trinajstić information content (AvgIpc) is 2.52. The normalized spacial score (nSPS) is 13.2. The number of aliphatic hydroxyl groups is 1. The topological polar surface area (TPSA) is 61.4 Å². The van der Waals surface area contributed by atoms with Gasteiger partial charge < -0.3 is 15.7 Å². The minimum Gasteiger partial charge on any atom is -0.387 e. The lowest BCUT2D eigenvalue weighted by Gasteiger charge is -2.17. The van der Waals surface area contributed by atoms with E-state index in [1.165, 1.54) is 30.3 Å². The van der Waals surface area contributed by atoms with Crippen LogP contribution in [0.5, 0.6) is 0 Å². The molecule has 0 aliphatic carbocycles. The molecule has 2 atom stereocenters. The van der Waals surface area contributed by atoms with Gasteiger partial charge in [-0.15, -0.1) is 0 Å². The lowest BCUT2D eigenvalue weighted by atomic mass is 10.1. The van der Waals surface area contributed by atoms with Gasteiger partial charge in [-0.25, -0.2) is 13.6 Å². The van der Waals surface area contributed by atoms with Crippen molar-refractivity contribution in [2.45, 2.75) is 19.1 Å². The van der Waals surface area contributed by atoms with E-state index in [-0.39, 0.29) is 12.4 Å². The van der Waals surface area contributed by atoms with E-state index in [2.05, 4.69) is 10.6 Å². The first-order valence-corrected chi connectivity index (χ1v) is 7.19. The summed E-state index contributed by atoms with van der Waals surface area (Å²) < 4.78 is 26.2. The van der Waals surface area contributed by atoms with E-state index in [0.29, 0.717) is 11.1 Å². The van der Waals surface area contributed by atoms with Crippen LogP contribution in [0.4, 0.5) is 13.6 Å². The molecule has 0 radical (unpaired) electrons. The standard InChI is InChI=1S/C17H18F2N2O2/c1-11(12-4-2-6-14(18)8-12)21-17(23)20-10-16(22)13-5-3-7-15(19)9-13/h2-9,11,16,22H,10H2,1H3,(H2,20,21,23)/t11-,16+/m0/s1. The number of amides is 2. The van der Waals surface area contributed by atoms with Crippen LogP contribution in [0.1, 0.15) is 30.2 Å². The van der Waals surface area contributed by atoms with E-state index in [1.54, 1.807) is 25.1 Å². The molecule has 2 amide bonds. The van der Waals surface area contributed by atoms with Crippen molar-refractivity contribution in [3.05, 3.63) is 71.3 Å². The van der Waals surface area contributed by atoms with Crippen LogP contribution in [0.25, 0.3) is 0 Å². The number of aliphatic hydroxyl groups excluding tert-OH is 1. The van der Waals surface area contributed by atoms with Crippen molar-refractivity contribution in [1.29, 1.82) is 0 Å². The third kappa shape index (κ3) is 5.03. The molecule has 0 heterocycles. The zero-order chi connectivity index (χ0) is 16.8. The Morgan fingerprint density at radius 3 is 2.26 bits per heavy atom. The Balaban J connectivity index is 1.85. The molecule has 23 heavy (non-hydrogen) atoms. The Labute approximate surface area is 133 Å². The van der Waals surface area contributed by atoms with E-state index < -0.39 is 24.0 Å². The predicted octanol–water partition coefficient (Wildman–Crippen LogP) is 3.06. The number of urea groups is 1. The molecule has 6 heteroatoms. The summed E-state index contributed by atoms with van der Waals surface area (Å²) in [4.78, 5) is 11.8. The summed E-state index contributed by atoms with van der Waals surface area (Å²) in [7, 11) is 0. The molecule has 0 aliphatic rings. The molecule has 2 aromatic carbocycles. The van der Waals surface area contributed by atoms with Gasteiger partial charge in [-0.05, 0) is 42.3 Å². The number of nitrogens with one attached hydrogen (secondary N) is 2. The number of halogens is 2. The molecule has 0 aliphatic heterocycles. The number of carbonyl (C=O) groups excluding carboxylic acids is 1. The highest BCUT2D eigenvalue weighted by molar-refractivity contribution is 5.74.